The molecule has 2 rings (SSSR count). The second-order valence-corrected chi connectivity index (χ2v) is 5.27. The van der Waals surface area contributed by atoms with E-state index in [1.54, 1.807) is 0 Å². The molecule has 0 bridgehead atoms. The first-order valence-corrected chi connectivity index (χ1v) is 8.44. The van der Waals surface area contributed by atoms with E-state index in [9.17, 15) is 9.59 Å². The van der Waals surface area contributed by atoms with Gasteiger partial charge in [-0.1, -0.05) is 74.5 Å². The molecular weight excluding hydrogens is 332 g/mol. The van der Waals surface area contributed by atoms with Gasteiger partial charge in [-0.3, -0.25) is 9.59 Å². The van der Waals surface area contributed by atoms with Crippen molar-refractivity contribution >= 4 is 11.9 Å². The van der Waals surface area contributed by atoms with Crippen molar-refractivity contribution in [3.05, 3.63) is 71.8 Å². The van der Waals surface area contributed by atoms with Crippen LogP contribution in [0.1, 0.15) is 25.0 Å². The number of carboxylic acid groups (broad SMARTS) is 2. The maximum absolute atomic E-state index is 10.4. The quantitative estimate of drug-likeness (QED) is 0.626. The Morgan fingerprint density at radius 1 is 0.731 bits per heavy atom. The Morgan fingerprint density at radius 3 is 1.23 bits per heavy atom. The van der Waals surface area contributed by atoms with Crippen molar-refractivity contribution in [1.82, 2.24) is 0 Å². The van der Waals surface area contributed by atoms with Gasteiger partial charge in [0.25, 0.3) is 0 Å². The molecule has 2 aromatic rings. The number of nitrogens with two attached hydrogens (primary N) is 2. The molecule has 0 heterocycles. The van der Waals surface area contributed by atoms with Gasteiger partial charge < -0.3 is 21.7 Å². The van der Waals surface area contributed by atoms with Gasteiger partial charge in [-0.05, 0) is 24.0 Å². The third-order valence-corrected chi connectivity index (χ3v) is 3.23. The highest BCUT2D eigenvalue weighted by Crippen LogP contribution is 2.02. The number of hydrogen-bond donors (Lipinski definition) is 4. The van der Waals surface area contributed by atoms with Crippen molar-refractivity contribution in [1.29, 1.82) is 0 Å². The van der Waals surface area contributed by atoms with Crippen LogP contribution < -0.4 is 11.5 Å². The number of carboxylic acids is 2. The molecule has 0 amide bonds. The average Bonchev–Trinajstić information content (AvgIpc) is 2.65. The van der Waals surface area contributed by atoms with Gasteiger partial charge in [-0.2, -0.15) is 0 Å². The molecule has 0 spiro atoms. The van der Waals surface area contributed by atoms with Crippen LogP contribution in [0, 0.1) is 0 Å². The summed E-state index contributed by atoms with van der Waals surface area (Å²) in [6.07, 6.45) is 0.770. The molecule has 26 heavy (non-hydrogen) atoms. The van der Waals surface area contributed by atoms with E-state index in [4.69, 9.17) is 21.7 Å². The summed E-state index contributed by atoms with van der Waals surface area (Å²) in [5.74, 6) is -1.92. The number of aliphatic carboxylic acids is 2. The smallest absolute Gasteiger partial charge is 0.320 e. The van der Waals surface area contributed by atoms with Gasteiger partial charge in [0.2, 0.25) is 0 Å². The average molecular weight is 360 g/mol. The SMILES string of the molecule is CC.N[C@@H](Cc1ccccc1)C(=O)O.N[C@@H](Cc1ccccc1)C(=O)O. The molecule has 0 fully saturated rings. The third kappa shape index (κ3) is 10.2. The van der Waals surface area contributed by atoms with Crippen LogP contribution in [0.2, 0.25) is 0 Å². The lowest BCUT2D eigenvalue weighted by molar-refractivity contribution is -0.139. The Morgan fingerprint density at radius 2 is 1.00 bits per heavy atom. The fourth-order valence-electron chi connectivity index (χ4n) is 1.91. The summed E-state index contributed by atoms with van der Waals surface area (Å²) in [6.45, 7) is 4.00. The highest BCUT2D eigenvalue weighted by molar-refractivity contribution is 5.73. The van der Waals surface area contributed by atoms with Crippen LogP contribution in [0.15, 0.2) is 60.7 Å². The molecule has 0 saturated carbocycles. The summed E-state index contributed by atoms with van der Waals surface area (Å²) in [5, 5.41) is 17.0. The Hall–Kier alpha value is -2.70. The highest BCUT2D eigenvalue weighted by Gasteiger charge is 2.11. The van der Waals surface area contributed by atoms with Crippen molar-refractivity contribution < 1.29 is 19.8 Å². The fourth-order valence-corrected chi connectivity index (χ4v) is 1.91. The molecule has 0 unspecified atom stereocenters. The molecule has 2 aromatic carbocycles. The first kappa shape index (κ1) is 23.3. The van der Waals surface area contributed by atoms with Crippen molar-refractivity contribution in [2.24, 2.45) is 11.5 Å². The zero-order chi connectivity index (χ0) is 19.9. The van der Waals surface area contributed by atoms with E-state index in [0.29, 0.717) is 12.8 Å². The molecule has 0 aliphatic carbocycles. The summed E-state index contributed by atoms with van der Waals surface area (Å²) in [7, 11) is 0. The van der Waals surface area contributed by atoms with Crippen molar-refractivity contribution in [3.63, 3.8) is 0 Å². The molecule has 6 N–H and O–H groups in total. The van der Waals surface area contributed by atoms with Gasteiger partial charge >= 0.3 is 11.9 Å². The normalized spacial score (nSPS) is 11.7. The van der Waals surface area contributed by atoms with E-state index in [1.165, 1.54) is 0 Å². The van der Waals surface area contributed by atoms with Gasteiger partial charge in [-0.15, -0.1) is 0 Å². The van der Waals surface area contributed by atoms with Crippen LogP contribution in [0.25, 0.3) is 0 Å². The molecule has 0 aliphatic heterocycles. The van der Waals surface area contributed by atoms with Gasteiger partial charge in [-0.25, -0.2) is 0 Å². The van der Waals surface area contributed by atoms with Crippen LogP contribution in [0.4, 0.5) is 0 Å². The van der Waals surface area contributed by atoms with Crippen LogP contribution in [0.5, 0.6) is 0 Å². The monoisotopic (exact) mass is 360 g/mol. The van der Waals surface area contributed by atoms with Gasteiger partial charge in [0, 0.05) is 0 Å². The molecule has 2 atom stereocenters. The molecular formula is C20H28N2O4. The Bertz CT molecular complexity index is 575. The van der Waals surface area contributed by atoms with E-state index < -0.39 is 24.0 Å². The van der Waals surface area contributed by atoms with Crippen LogP contribution >= 0.6 is 0 Å². The number of carbonyl (C=O) groups is 2. The lowest BCUT2D eigenvalue weighted by atomic mass is 10.1. The van der Waals surface area contributed by atoms with Gasteiger partial charge in [0.05, 0.1) is 0 Å². The van der Waals surface area contributed by atoms with Crippen molar-refractivity contribution in [2.45, 2.75) is 38.8 Å². The summed E-state index contributed by atoms with van der Waals surface area (Å²) in [5.41, 5.74) is 12.6. The summed E-state index contributed by atoms with van der Waals surface area (Å²) < 4.78 is 0. The lowest BCUT2D eigenvalue weighted by Crippen LogP contribution is -2.32. The lowest BCUT2D eigenvalue weighted by Gasteiger charge is -2.04. The summed E-state index contributed by atoms with van der Waals surface area (Å²) in [6, 6.07) is 17.1. The first-order chi connectivity index (χ1) is 12.4. The predicted molar refractivity (Wildman–Crippen MR) is 103 cm³/mol. The summed E-state index contributed by atoms with van der Waals surface area (Å²) >= 11 is 0. The van der Waals surface area contributed by atoms with Crippen LogP contribution in [0.3, 0.4) is 0 Å². The number of rotatable bonds is 6. The van der Waals surface area contributed by atoms with Crippen LogP contribution in [-0.4, -0.2) is 34.2 Å². The largest absolute Gasteiger partial charge is 0.480 e. The number of hydrogen-bond acceptors (Lipinski definition) is 4. The molecule has 0 aromatic heterocycles. The highest BCUT2D eigenvalue weighted by atomic mass is 16.4. The van der Waals surface area contributed by atoms with Gasteiger partial charge in [0.15, 0.2) is 0 Å². The fraction of sp³-hybridized carbons (Fsp3) is 0.300. The van der Waals surface area contributed by atoms with E-state index >= 15 is 0 Å². The molecule has 0 saturated heterocycles. The molecule has 6 nitrogen and oxygen atoms in total. The number of benzene rings is 2. The Balaban J connectivity index is 0.000000439. The third-order valence-electron chi connectivity index (χ3n) is 3.23. The topological polar surface area (TPSA) is 127 Å². The van der Waals surface area contributed by atoms with Crippen molar-refractivity contribution in [3.8, 4) is 0 Å². The standard InChI is InChI=1S/2C9H11NO2.C2H6/c2*10-8(9(11)12)6-7-4-2-1-3-5-7;1-2/h2*1-5,8H,6,10H2,(H,11,12);1-2H3/t2*8-;/m00./s1. The maximum Gasteiger partial charge on any atom is 0.320 e. The van der Waals surface area contributed by atoms with Gasteiger partial charge in [0.1, 0.15) is 12.1 Å². The first-order valence-electron chi connectivity index (χ1n) is 8.44. The molecule has 6 heteroatoms. The Kier molecular flexibility index (Phi) is 12.2. The van der Waals surface area contributed by atoms with E-state index in [1.807, 2.05) is 74.5 Å². The molecule has 0 aliphatic rings. The predicted octanol–water partition coefficient (Wildman–Crippen LogP) is 2.31. The minimum Gasteiger partial charge on any atom is -0.480 e. The minimum absolute atomic E-state index is 0.385. The second kappa shape index (κ2) is 13.6. The zero-order valence-electron chi connectivity index (χ0n) is 15.2. The van der Waals surface area contributed by atoms with Crippen LogP contribution in [-0.2, 0) is 22.4 Å². The Labute approximate surface area is 154 Å². The van der Waals surface area contributed by atoms with Crippen molar-refractivity contribution in [2.75, 3.05) is 0 Å². The maximum atomic E-state index is 10.4. The summed E-state index contributed by atoms with van der Waals surface area (Å²) in [4.78, 5) is 20.8. The minimum atomic E-state index is -0.959. The zero-order valence-corrected chi connectivity index (χ0v) is 15.2. The van der Waals surface area contributed by atoms with E-state index in [-0.39, 0.29) is 0 Å². The second-order valence-electron chi connectivity index (χ2n) is 5.27. The molecule has 142 valence electrons. The molecule has 0 radical (unpaired) electrons. The van der Waals surface area contributed by atoms with E-state index in [2.05, 4.69) is 0 Å². The van der Waals surface area contributed by atoms with E-state index in [0.717, 1.165) is 11.1 Å².